The summed E-state index contributed by atoms with van der Waals surface area (Å²) >= 11 is 1.28. The van der Waals surface area contributed by atoms with Gasteiger partial charge in [-0.25, -0.2) is 8.42 Å². The second-order valence-electron chi connectivity index (χ2n) is 4.43. The van der Waals surface area contributed by atoms with E-state index in [1.807, 2.05) is 6.07 Å². The molecule has 0 aliphatic heterocycles. The maximum Gasteiger partial charge on any atom is 0.263 e. The average Bonchev–Trinajstić information content (AvgIpc) is 2.72. The van der Waals surface area contributed by atoms with Gasteiger partial charge < -0.3 is 11.1 Å². The van der Waals surface area contributed by atoms with E-state index in [0.717, 1.165) is 4.70 Å². The van der Waals surface area contributed by atoms with Crippen LogP contribution >= 0.6 is 11.3 Å². The van der Waals surface area contributed by atoms with Crippen LogP contribution in [-0.2, 0) is 9.84 Å². The topological polar surface area (TPSA) is 102 Å². The van der Waals surface area contributed by atoms with Gasteiger partial charge in [-0.15, -0.1) is 11.3 Å². The highest BCUT2D eigenvalue weighted by atomic mass is 32.2. The number of nitrogens with two attached hydrogens (primary N) is 1. The molecule has 0 spiro atoms. The number of aromatic nitrogens is 1. The van der Waals surface area contributed by atoms with Crippen LogP contribution in [0.1, 0.15) is 16.1 Å². The molecule has 0 aromatic carbocycles. The Morgan fingerprint density at radius 1 is 1.50 bits per heavy atom. The predicted octanol–water partition coefficient (Wildman–Crippen LogP) is 1.04. The molecule has 0 saturated heterocycles. The molecule has 6 nitrogen and oxygen atoms in total. The van der Waals surface area contributed by atoms with Crippen LogP contribution in [0.15, 0.2) is 18.3 Å². The number of nitrogens with one attached hydrogen (secondary N) is 1. The van der Waals surface area contributed by atoms with E-state index in [1.54, 1.807) is 12.3 Å². The quantitative estimate of drug-likeness (QED) is 0.803. The molecule has 0 aliphatic rings. The lowest BCUT2D eigenvalue weighted by Gasteiger charge is -2.03. The van der Waals surface area contributed by atoms with E-state index in [9.17, 15) is 13.2 Å². The summed E-state index contributed by atoms with van der Waals surface area (Å²) < 4.78 is 22.8. The summed E-state index contributed by atoms with van der Waals surface area (Å²) in [7, 11) is -3.00. The van der Waals surface area contributed by atoms with Gasteiger partial charge in [-0.1, -0.05) is 0 Å². The summed E-state index contributed by atoms with van der Waals surface area (Å²) in [4.78, 5) is 16.6. The first kappa shape index (κ1) is 14.7. The van der Waals surface area contributed by atoms with Gasteiger partial charge in [-0.05, 0) is 18.6 Å². The molecule has 108 valence electrons. The lowest BCUT2D eigenvalue weighted by atomic mass is 10.3. The van der Waals surface area contributed by atoms with Crippen molar-refractivity contribution in [2.45, 2.75) is 6.42 Å². The molecule has 0 unspecified atom stereocenters. The van der Waals surface area contributed by atoms with Crippen LogP contribution in [0.5, 0.6) is 0 Å². The number of amides is 1. The minimum atomic E-state index is -3.00. The Labute approximate surface area is 120 Å². The molecule has 2 aromatic rings. The smallest absolute Gasteiger partial charge is 0.263 e. The number of pyridine rings is 1. The third-order valence-corrected chi connectivity index (χ3v) is 4.86. The molecule has 2 rings (SSSR count). The normalized spacial score (nSPS) is 11.7. The molecule has 1 amide bonds. The summed E-state index contributed by atoms with van der Waals surface area (Å²) in [5.41, 5.74) is 6.90. The minimum absolute atomic E-state index is 0.0523. The van der Waals surface area contributed by atoms with Gasteiger partial charge in [0, 0.05) is 19.0 Å². The van der Waals surface area contributed by atoms with Crippen molar-refractivity contribution in [3.63, 3.8) is 0 Å². The fourth-order valence-electron chi connectivity index (χ4n) is 1.73. The Morgan fingerprint density at radius 3 is 2.90 bits per heavy atom. The third-order valence-electron chi connectivity index (χ3n) is 2.67. The zero-order valence-corrected chi connectivity index (χ0v) is 12.6. The van der Waals surface area contributed by atoms with Crippen LogP contribution in [0.3, 0.4) is 0 Å². The standard InChI is InChI=1S/C12H15N3O3S2/c1-20(17,18)7-3-6-15-12(16)11-9(13)10-8(19-11)4-2-5-14-10/h2,4-5H,3,6-7,13H2,1H3,(H,15,16). The Hall–Kier alpha value is -1.67. The maximum atomic E-state index is 12.0. The molecular weight excluding hydrogens is 298 g/mol. The van der Waals surface area contributed by atoms with Crippen molar-refractivity contribution >= 4 is 43.0 Å². The zero-order chi connectivity index (χ0) is 14.8. The van der Waals surface area contributed by atoms with Crippen LogP contribution in [-0.4, -0.2) is 37.9 Å². The first-order valence-electron chi connectivity index (χ1n) is 5.97. The largest absolute Gasteiger partial charge is 0.396 e. The summed E-state index contributed by atoms with van der Waals surface area (Å²) in [6, 6.07) is 3.63. The fraction of sp³-hybridized carbons (Fsp3) is 0.333. The highest BCUT2D eigenvalue weighted by Crippen LogP contribution is 2.31. The van der Waals surface area contributed by atoms with Gasteiger partial charge in [0.2, 0.25) is 0 Å². The van der Waals surface area contributed by atoms with Crippen LogP contribution in [0.2, 0.25) is 0 Å². The van der Waals surface area contributed by atoms with Crippen LogP contribution in [0.4, 0.5) is 5.69 Å². The number of carbonyl (C=O) groups is 1. The van der Waals surface area contributed by atoms with Crippen molar-refractivity contribution in [2.24, 2.45) is 0 Å². The highest BCUT2D eigenvalue weighted by molar-refractivity contribution is 7.90. The molecule has 3 N–H and O–H groups in total. The summed E-state index contributed by atoms with van der Waals surface area (Å²) in [6.07, 6.45) is 3.18. The molecule has 0 atom stereocenters. The van der Waals surface area contributed by atoms with Crippen LogP contribution in [0, 0.1) is 0 Å². The van der Waals surface area contributed by atoms with Gasteiger partial charge in [-0.3, -0.25) is 9.78 Å². The second kappa shape index (κ2) is 5.76. The van der Waals surface area contributed by atoms with E-state index < -0.39 is 9.84 Å². The summed E-state index contributed by atoms with van der Waals surface area (Å²) in [6.45, 7) is 0.299. The maximum absolute atomic E-state index is 12.0. The Morgan fingerprint density at radius 2 is 2.25 bits per heavy atom. The lowest BCUT2D eigenvalue weighted by Crippen LogP contribution is -2.25. The molecule has 20 heavy (non-hydrogen) atoms. The Bertz CT molecular complexity index is 737. The monoisotopic (exact) mass is 313 g/mol. The number of hydrogen-bond acceptors (Lipinski definition) is 6. The number of hydrogen-bond donors (Lipinski definition) is 2. The van der Waals surface area contributed by atoms with Crippen LogP contribution in [0.25, 0.3) is 10.2 Å². The van der Waals surface area contributed by atoms with Crippen LogP contribution < -0.4 is 11.1 Å². The van der Waals surface area contributed by atoms with E-state index in [4.69, 9.17) is 5.73 Å². The number of sulfone groups is 1. The van der Waals surface area contributed by atoms with Gasteiger partial charge in [0.05, 0.1) is 16.1 Å². The van der Waals surface area contributed by atoms with Gasteiger partial charge >= 0.3 is 0 Å². The zero-order valence-electron chi connectivity index (χ0n) is 10.9. The van der Waals surface area contributed by atoms with Gasteiger partial charge in [0.25, 0.3) is 5.91 Å². The van der Waals surface area contributed by atoms with Crippen molar-refractivity contribution in [3.8, 4) is 0 Å². The lowest BCUT2D eigenvalue weighted by molar-refractivity contribution is 0.0958. The molecule has 8 heteroatoms. The number of nitrogens with zero attached hydrogens (tertiary/aromatic N) is 1. The Balaban J connectivity index is 2.03. The molecule has 0 bridgehead atoms. The van der Waals surface area contributed by atoms with E-state index in [-0.39, 0.29) is 11.7 Å². The van der Waals surface area contributed by atoms with E-state index >= 15 is 0 Å². The summed E-state index contributed by atoms with van der Waals surface area (Å²) in [5.74, 6) is -0.240. The molecule has 0 saturated carbocycles. The van der Waals surface area contributed by atoms with Gasteiger partial charge in [-0.2, -0.15) is 0 Å². The highest BCUT2D eigenvalue weighted by Gasteiger charge is 2.16. The molecule has 0 fully saturated rings. The van der Waals surface area contributed by atoms with Gasteiger partial charge in [0.1, 0.15) is 20.2 Å². The number of carbonyl (C=O) groups excluding carboxylic acids is 1. The van der Waals surface area contributed by atoms with Crippen molar-refractivity contribution < 1.29 is 13.2 Å². The third kappa shape index (κ3) is 3.45. The minimum Gasteiger partial charge on any atom is -0.396 e. The molecule has 0 radical (unpaired) electrons. The first-order chi connectivity index (χ1) is 9.38. The molecular formula is C12H15N3O3S2. The molecule has 2 heterocycles. The van der Waals surface area contributed by atoms with E-state index in [2.05, 4.69) is 10.3 Å². The number of rotatable bonds is 5. The van der Waals surface area contributed by atoms with Gasteiger partial charge in [0.15, 0.2) is 0 Å². The van der Waals surface area contributed by atoms with E-state index in [0.29, 0.717) is 29.0 Å². The average molecular weight is 313 g/mol. The second-order valence-corrected chi connectivity index (χ2v) is 7.75. The van der Waals surface area contributed by atoms with Crippen molar-refractivity contribution in [1.29, 1.82) is 0 Å². The number of nitrogen functional groups attached to an aromatic ring is 1. The van der Waals surface area contributed by atoms with Crippen molar-refractivity contribution in [2.75, 3.05) is 24.3 Å². The predicted molar refractivity (Wildman–Crippen MR) is 80.7 cm³/mol. The van der Waals surface area contributed by atoms with Crippen molar-refractivity contribution in [3.05, 3.63) is 23.2 Å². The first-order valence-corrected chi connectivity index (χ1v) is 8.85. The molecule has 2 aromatic heterocycles. The number of anilines is 1. The van der Waals surface area contributed by atoms with E-state index in [1.165, 1.54) is 17.6 Å². The number of thiophene rings is 1. The Kier molecular flexibility index (Phi) is 4.24. The number of fused-ring (bicyclic) bond motifs is 1. The molecule has 0 aliphatic carbocycles. The van der Waals surface area contributed by atoms with Crippen molar-refractivity contribution in [1.82, 2.24) is 10.3 Å². The SMILES string of the molecule is CS(=O)(=O)CCCNC(=O)c1sc2cccnc2c1N. The summed E-state index contributed by atoms with van der Waals surface area (Å²) in [5, 5.41) is 2.67. The fourth-order valence-corrected chi connectivity index (χ4v) is 3.40.